The van der Waals surface area contributed by atoms with Crippen LogP contribution in [0.3, 0.4) is 0 Å². The Labute approximate surface area is 177 Å². The molecule has 2 rings (SSSR count). The normalized spacial score (nSPS) is 30.0. The number of hydrogen-bond donors (Lipinski definition) is 6. The molecule has 1 aromatic heterocycles. The van der Waals surface area contributed by atoms with Gasteiger partial charge >= 0.3 is 35.3 Å². The molecule has 1 aromatic rings. The van der Waals surface area contributed by atoms with E-state index in [0.29, 0.717) is 12.3 Å². The molecular weight excluding hydrogens is 541 g/mol. The summed E-state index contributed by atoms with van der Waals surface area (Å²) < 4.78 is 104. The molecule has 0 aliphatic carbocycles. The summed E-state index contributed by atoms with van der Waals surface area (Å²) in [5, 5.41) is 9.87. The first-order valence-corrected chi connectivity index (χ1v) is 12.4. The number of aromatic amines is 1. The average molecular weight is 554 g/mol. The van der Waals surface area contributed by atoms with E-state index in [0.717, 1.165) is 0 Å². The summed E-state index contributed by atoms with van der Waals surface area (Å²) >= 11 is 0. The van der Waals surface area contributed by atoms with E-state index in [2.05, 4.69) is 17.9 Å². The van der Waals surface area contributed by atoms with Gasteiger partial charge in [0.25, 0.3) is 5.56 Å². The number of halogens is 4. The van der Waals surface area contributed by atoms with E-state index in [4.69, 9.17) is 14.7 Å². The van der Waals surface area contributed by atoms with Gasteiger partial charge in [0.05, 0.1) is 6.61 Å². The topological polar surface area (TPSA) is 244 Å². The summed E-state index contributed by atoms with van der Waals surface area (Å²) in [7, 11) is -18.0. The molecule has 1 saturated heterocycles. The number of alkyl halides is 4. The standard InChI is InChI=1S/C10H13F4N2O14P3/c11-5-6(18)9(10(12,13)14,28-7(5)16-2-1-4(17)15-8(16)19)3-27-32(23,24)30-33(25,26)29-31(20,21)22/h1-2,5-7,18H,3H2,(H,23,24)(H,25,26)(H,15,17,19)(H2,20,21,22)/t5-,6+,7-,9-/m1/s1. The maximum Gasteiger partial charge on any atom is 0.490 e. The van der Waals surface area contributed by atoms with Crippen LogP contribution in [0.5, 0.6) is 0 Å². The van der Waals surface area contributed by atoms with E-state index in [1.165, 1.54) is 0 Å². The third-order valence-corrected chi connectivity index (χ3v) is 7.63. The minimum absolute atomic E-state index is 0.119. The van der Waals surface area contributed by atoms with Crippen LogP contribution in [0.2, 0.25) is 0 Å². The van der Waals surface area contributed by atoms with Gasteiger partial charge < -0.3 is 29.4 Å². The largest absolute Gasteiger partial charge is 0.490 e. The van der Waals surface area contributed by atoms with Crippen LogP contribution in [0.1, 0.15) is 6.23 Å². The number of nitrogens with one attached hydrogen (secondary N) is 1. The lowest BCUT2D eigenvalue weighted by Crippen LogP contribution is -2.57. The molecule has 1 aliphatic heterocycles. The number of hydrogen-bond acceptors (Lipinski definition) is 10. The zero-order chi connectivity index (χ0) is 25.6. The Balaban J connectivity index is 2.35. The van der Waals surface area contributed by atoms with Crippen LogP contribution in [0.25, 0.3) is 0 Å². The zero-order valence-electron chi connectivity index (χ0n) is 15.3. The van der Waals surface area contributed by atoms with Gasteiger partial charge in [-0.25, -0.2) is 22.9 Å². The Morgan fingerprint density at radius 3 is 2.18 bits per heavy atom. The van der Waals surface area contributed by atoms with Gasteiger partial charge in [-0.05, 0) is 0 Å². The first kappa shape index (κ1) is 28.0. The van der Waals surface area contributed by atoms with Gasteiger partial charge in [0, 0.05) is 12.3 Å². The number of ether oxygens (including phenoxy) is 1. The molecule has 1 aliphatic rings. The Morgan fingerprint density at radius 1 is 1.12 bits per heavy atom. The maximum atomic E-state index is 14.5. The van der Waals surface area contributed by atoms with Crippen molar-refractivity contribution in [1.29, 1.82) is 0 Å². The van der Waals surface area contributed by atoms with E-state index >= 15 is 0 Å². The van der Waals surface area contributed by atoms with Crippen molar-refractivity contribution >= 4 is 23.5 Å². The molecule has 33 heavy (non-hydrogen) atoms. The number of phosphoric ester groups is 1. The van der Waals surface area contributed by atoms with E-state index in [1.54, 1.807) is 4.98 Å². The van der Waals surface area contributed by atoms with Crippen LogP contribution in [0.4, 0.5) is 17.6 Å². The van der Waals surface area contributed by atoms with Crippen molar-refractivity contribution in [2.24, 2.45) is 0 Å². The number of phosphoric acid groups is 3. The van der Waals surface area contributed by atoms with Gasteiger partial charge in [0.1, 0.15) is 6.10 Å². The van der Waals surface area contributed by atoms with Gasteiger partial charge in [-0.1, -0.05) is 0 Å². The number of H-pyrrole nitrogens is 1. The quantitative estimate of drug-likeness (QED) is 0.174. The molecule has 2 unspecified atom stereocenters. The van der Waals surface area contributed by atoms with Crippen LogP contribution in [0, 0.1) is 0 Å². The molecule has 190 valence electrons. The number of aliphatic hydroxyl groups is 1. The number of aliphatic hydroxyl groups excluding tert-OH is 1. The highest BCUT2D eigenvalue weighted by Gasteiger charge is 2.70. The molecule has 23 heteroatoms. The Kier molecular flexibility index (Phi) is 7.69. The van der Waals surface area contributed by atoms with Crippen molar-refractivity contribution in [3.8, 4) is 0 Å². The molecule has 0 aromatic carbocycles. The second-order valence-electron chi connectivity index (χ2n) is 6.17. The monoisotopic (exact) mass is 554 g/mol. The summed E-state index contributed by atoms with van der Waals surface area (Å²) in [6.45, 7) is -2.30. The molecule has 0 amide bonds. The molecule has 0 bridgehead atoms. The van der Waals surface area contributed by atoms with Crippen molar-refractivity contribution in [3.63, 3.8) is 0 Å². The Bertz CT molecular complexity index is 1150. The van der Waals surface area contributed by atoms with E-state index in [9.17, 15) is 50.8 Å². The zero-order valence-corrected chi connectivity index (χ0v) is 18.0. The fourth-order valence-corrected chi connectivity index (χ4v) is 5.57. The fourth-order valence-electron chi connectivity index (χ4n) is 2.52. The predicted molar refractivity (Wildman–Crippen MR) is 91.0 cm³/mol. The summed E-state index contributed by atoms with van der Waals surface area (Å²) in [6.07, 6.45) is -14.1. The van der Waals surface area contributed by atoms with E-state index in [1.807, 2.05) is 0 Å². The smallest absolute Gasteiger partial charge is 0.386 e. The number of aromatic nitrogens is 2. The van der Waals surface area contributed by atoms with E-state index < -0.39 is 71.6 Å². The maximum absolute atomic E-state index is 14.5. The lowest BCUT2D eigenvalue weighted by molar-refractivity contribution is -0.304. The van der Waals surface area contributed by atoms with Gasteiger partial charge in [0.15, 0.2) is 12.4 Å². The van der Waals surface area contributed by atoms with Gasteiger partial charge in [-0.3, -0.25) is 18.9 Å². The molecule has 2 heterocycles. The lowest BCUT2D eigenvalue weighted by atomic mass is 9.96. The third kappa shape index (κ3) is 6.45. The lowest BCUT2D eigenvalue weighted by Gasteiger charge is -2.33. The van der Waals surface area contributed by atoms with Crippen molar-refractivity contribution in [1.82, 2.24) is 9.55 Å². The highest BCUT2D eigenvalue weighted by molar-refractivity contribution is 7.66. The minimum atomic E-state index is -6.13. The van der Waals surface area contributed by atoms with Crippen molar-refractivity contribution in [2.45, 2.75) is 30.3 Å². The van der Waals surface area contributed by atoms with Gasteiger partial charge in [0.2, 0.25) is 5.60 Å². The SMILES string of the molecule is O=c1ccn([C@@H]2O[C@@](COP(=O)(O)OP(=O)(O)OP(=O)(O)O)(C(F)(F)F)[C@@H](O)[C@H]2F)c(=O)[nH]1. The number of nitrogens with zero attached hydrogens (tertiary/aromatic N) is 1. The van der Waals surface area contributed by atoms with Gasteiger partial charge in [-0.15, -0.1) is 0 Å². The summed E-state index contributed by atoms with van der Waals surface area (Å²) in [6, 6.07) is 0.601. The fraction of sp³-hybridized carbons (Fsp3) is 0.600. The Morgan fingerprint density at radius 2 is 1.70 bits per heavy atom. The highest BCUT2D eigenvalue weighted by atomic mass is 31.3. The molecule has 16 nitrogen and oxygen atoms in total. The average Bonchev–Trinajstić information content (AvgIpc) is 2.82. The van der Waals surface area contributed by atoms with Crippen molar-refractivity contribution < 1.29 is 73.8 Å². The van der Waals surface area contributed by atoms with E-state index in [-0.39, 0.29) is 4.57 Å². The molecule has 0 spiro atoms. The summed E-state index contributed by atoms with van der Waals surface area (Å²) in [5.41, 5.74) is -6.65. The molecular formula is C10H13F4N2O14P3. The molecule has 1 fully saturated rings. The van der Waals surface area contributed by atoms with Crippen LogP contribution in [-0.4, -0.2) is 64.9 Å². The highest BCUT2D eigenvalue weighted by Crippen LogP contribution is 2.66. The predicted octanol–water partition coefficient (Wildman–Crippen LogP) is -0.591. The Hall–Kier alpha value is -1.27. The second-order valence-corrected chi connectivity index (χ2v) is 10.6. The van der Waals surface area contributed by atoms with Gasteiger partial charge in [-0.2, -0.15) is 21.8 Å². The van der Waals surface area contributed by atoms with Crippen LogP contribution in [0.15, 0.2) is 21.9 Å². The molecule has 6 atom stereocenters. The molecule has 0 radical (unpaired) electrons. The summed E-state index contributed by atoms with van der Waals surface area (Å²) in [4.78, 5) is 59.6. The van der Waals surface area contributed by atoms with Crippen LogP contribution in [-0.2, 0) is 31.6 Å². The van der Waals surface area contributed by atoms with Crippen LogP contribution >= 0.6 is 23.5 Å². The molecule has 0 saturated carbocycles. The first-order valence-electron chi connectivity index (χ1n) is 7.86. The van der Waals surface area contributed by atoms with Crippen molar-refractivity contribution in [2.75, 3.05) is 6.61 Å². The van der Waals surface area contributed by atoms with Crippen molar-refractivity contribution in [3.05, 3.63) is 33.1 Å². The first-order chi connectivity index (χ1) is 14.7. The molecule has 6 N–H and O–H groups in total. The minimum Gasteiger partial charge on any atom is -0.386 e. The van der Waals surface area contributed by atoms with Crippen LogP contribution < -0.4 is 11.2 Å². The summed E-state index contributed by atoms with van der Waals surface area (Å²) in [5.74, 6) is 0. The second kappa shape index (κ2) is 9.07. The number of rotatable bonds is 8. The third-order valence-electron chi connectivity index (χ3n) is 3.85.